The molecule has 7 nitrogen and oxygen atoms in total. The lowest BCUT2D eigenvalue weighted by Gasteiger charge is -2.05. The number of methoxy groups -OCH3 is 2. The van der Waals surface area contributed by atoms with Gasteiger partial charge in [0.2, 0.25) is 0 Å². The van der Waals surface area contributed by atoms with E-state index in [4.69, 9.17) is 9.47 Å². The third-order valence-corrected chi connectivity index (χ3v) is 2.64. The van der Waals surface area contributed by atoms with Gasteiger partial charge in [-0.25, -0.2) is 0 Å². The highest BCUT2D eigenvalue weighted by molar-refractivity contribution is 5.55. The normalized spacial score (nSPS) is 10.6. The smallest absolute Gasteiger partial charge is 0.269 e. The van der Waals surface area contributed by atoms with Crippen LogP contribution in [0.3, 0.4) is 0 Å². The van der Waals surface area contributed by atoms with E-state index in [1.165, 1.54) is 38.5 Å². The molecule has 0 spiro atoms. The number of nitrogens with zero attached hydrogens (tertiary/aromatic N) is 3. The molecule has 0 bridgehead atoms. The van der Waals surface area contributed by atoms with E-state index in [9.17, 15) is 10.1 Å². The Morgan fingerprint density at radius 3 is 2.43 bits per heavy atom. The summed E-state index contributed by atoms with van der Waals surface area (Å²) in [5, 5.41) is 18.6. The van der Waals surface area contributed by atoms with Crippen LogP contribution in [0.15, 0.2) is 46.6 Å². The van der Waals surface area contributed by atoms with Crippen molar-refractivity contribution >= 4 is 17.1 Å². The molecule has 2 aromatic carbocycles. The van der Waals surface area contributed by atoms with Gasteiger partial charge in [-0.05, 0) is 18.2 Å². The van der Waals surface area contributed by atoms with E-state index in [1.54, 1.807) is 12.1 Å². The molecule has 0 heterocycles. The van der Waals surface area contributed by atoms with Crippen LogP contribution in [0.1, 0.15) is 0 Å². The molecule has 0 fully saturated rings. The fourth-order valence-electron chi connectivity index (χ4n) is 1.56. The van der Waals surface area contributed by atoms with Gasteiger partial charge in [0.15, 0.2) is 0 Å². The number of hydrogen-bond donors (Lipinski definition) is 0. The number of hydrogen-bond acceptors (Lipinski definition) is 6. The Morgan fingerprint density at radius 1 is 1.14 bits per heavy atom. The number of benzene rings is 2. The predicted molar refractivity (Wildman–Crippen MR) is 75.7 cm³/mol. The van der Waals surface area contributed by atoms with Crippen molar-refractivity contribution in [2.24, 2.45) is 10.2 Å². The Labute approximate surface area is 121 Å². The molecule has 0 aliphatic carbocycles. The zero-order valence-electron chi connectivity index (χ0n) is 11.4. The van der Waals surface area contributed by atoms with Crippen LogP contribution in [0, 0.1) is 16.2 Å². The quantitative estimate of drug-likeness (QED) is 0.475. The average molecular weight is 286 g/mol. The van der Waals surface area contributed by atoms with Crippen LogP contribution < -0.4 is 9.47 Å². The van der Waals surface area contributed by atoms with E-state index < -0.39 is 4.92 Å². The van der Waals surface area contributed by atoms with Gasteiger partial charge in [0.25, 0.3) is 5.69 Å². The van der Waals surface area contributed by atoms with Crippen molar-refractivity contribution in [3.8, 4) is 11.5 Å². The summed E-state index contributed by atoms with van der Waals surface area (Å²) in [5.41, 5.74) is 0.975. The highest BCUT2D eigenvalue weighted by Crippen LogP contribution is 2.32. The lowest BCUT2D eigenvalue weighted by Crippen LogP contribution is -1.86. The van der Waals surface area contributed by atoms with Crippen LogP contribution in [0.5, 0.6) is 11.5 Å². The number of nitro groups is 1. The van der Waals surface area contributed by atoms with Crippen molar-refractivity contribution in [1.82, 2.24) is 0 Å². The fraction of sp³-hybridized carbons (Fsp3) is 0.143. The summed E-state index contributed by atoms with van der Waals surface area (Å²) in [7, 11) is 3.04. The number of non-ortho nitro benzene ring substituents is 1. The van der Waals surface area contributed by atoms with E-state index in [2.05, 4.69) is 16.3 Å². The molecule has 0 N–H and O–H groups in total. The summed E-state index contributed by atoms with van der Waals surface area (Å²) in [6.45, 7) is 0. The van der Waals surface area contributed by atoms with Crippen molar-refractivity contribution in [3.63, 3.8) is 0 Å². The molecule has 1 radical (unpaired) electrons. The van der Waals surface area contributed by atoms with E-state index >= 15 is 0 Å². The van der Waals surface area contributed by atoms with E-state index in [-0.39, 0.29) is 5.69 Å². The maximum Gasteiger partial charge on any atom is 0.269 e. The summed E-state index contributed by atoms with van der Waals surface area (Å²) in [5.74, 6) is 1.01. The van der Waals surface area contributed by atoms with Gasteiger partial charge in [-0.3, -0.25) is 10.1 Å². The standard InChI is InChI=1S/C14H12N3O4/c1-20-12-7-8-14(21-2)13(9-12)16-15-10-3-5-11(6-4-10)17(18)19/h3-6,8-9H,1-2H3. The Morgan fingerprint density at radius 2 is 1.86 bits per heavy atom. The molecule has 2 rings (SSSR count). The molecule has 0 unspecified atom stereocenters. The van der Waals surface area contributed by atoms with Crippen LogP contribution in [0.2, 0.25) is 0 Å². The highest BCUT2D eigenvalue weighted by atomic mass is 16.6. The molecule has 107 valence electrons. The molecule has 0 aliphatic heterocycles. The zero-order valence-corrected chi connectivity index (χ0v) is 11.4. The minimum Gasteiger partial charge on any atom is -0.496 e. The minimum absolute atomic E-state index is 0.00232. The largest absolute Gasteiger partial charge is 0.496 e. The zero-order chi connectivity index (χ0) is 15.2. The van der Waals surface area contributed by atoms with Gasteiger partial charge in [-0.15, -0.1) is 5.11 Å². The summed E-state index contributed by atoms with van der Waals surface area (Å²) >= 11 is 0. The van der Waals surface area contributed by atoms with E-state index in [0.717, 1.165) is 0 Å². The Hall–Kier alpha value is -2.96. The van der Waals surface area contributed by atoms with E-state index in [1.807, 2.05) is 0 Å². The van der Waals surface area contributed by atoms with Crippen LogP contribution in [-0.2, 0) is 0 Å². The van der Waals surface area contributed by atoms with Crippen LogP contribution in [0.25, 0.3) is 0 Å². The average Bonchev–Trinajstić information content (AvgIpc) is 2.52. The third kappa shape index (κ3) is 3.53. The first-order chi connectivity index (χ1) is 10.1. The number of nitro benzene ring substituents is 1. The first-order valence-corrected chi connectivity index (χ1v) is 5.94. The van der Waals surface area contributed by atoms with E-state index in [0.29, 0.717) is 22.9 Å². The summed E-state index contributed by atoms with van der Waals surface area (Å²) in [6.07, 6.45) is 0. The molecule has 2 aromatic rings. The molecule has 0 aromatic heterocycles. The number of azo groups is 1. The molecule has 0 atom stereocenters. The third-order valence-electron chi connectivity index (χ3n) is 2.64. The van der Waals surface area contributed by atoms with Gasteiger partial charge in [-0.2, -0.15) is 5.11 Å². The van der Waals surface area contributed by atoms with Crippen molar-refractivity contribution in [1.29, 1.82) is 0 Å². The summed E-state index contributed by atoms with van der Waals surface area (Å²) in [4.78, 5) is 10.1. The Bertz CT molecular complexity index is 668. The van der Waals surface area contributed by atoms with Crippen LogP contribution >= 0.6 is 0 Å². The molecular formula is C14H12N3O4. The predicted octanol–water partition coefficient (Wildman–Crippen LogP) is 3.83. The first kappa shape index (κ1) is 14.4. The van der Waals surface area contributed by atoms with Crippen molar-refractivity contribution in [2.45, 2.75) is 0 Å². The van der Waals surface area contributed by atoms with Gasteiger partial charge >= 0.3 is 0 Å². The van der Waals surface area contributed by atoms with Gasteiger partial charge in [0.05, 0.1) is 24.8 Å². The monoisotopic (exact) mass is 286 g/mol. The second-order valence-electron chi connectivity index (χ2n) is 3.93. The molecular weight excluding hydrogens is 274 g/mol. The summed E-state index contributed by atoms with van der Waals surface area (Å²) in [6, 6.07) is 11.9. The second-order valence-corrected chi connectivity index (χ2v) is 3.93. The first-order valence-electron chi connectivity index (χ1n) is 5.94. The number of ether oxygens (including phenoxy) is 2. The SMILES string of the molecule is COc1[c]cc(OC)c(N=Nc2ccc([N+](=O)[O-])cc2)c1. The molecule has 21 heavy (non-hydrogen) atoms. The van der Waals surface area contributed by atoms with Crippen LogP contribution in [-0.4, -0.2) is 19.1 Å². The molecule has 0 amide bonds. The molecule has 0 aliphatic rings. The van der Waals surface area contributed by atoms with Gasteiger partial charge in [0.1, 0.15) is 17.2 Å². The highest BCUT2D eigenvalue weighted by Gasteiger charge is 2.06. The maximum atomic E-state index is 10.6. The Balaban J connectivity index is 2.25. The van der Waals surface area contributed by atoms with Gasteiger partial charge in [-0.1, -0.05) is 0 Å². The number of rotatable bonds is 5. The Kier molecular flexibility index (Phi) is 4.45. The molecule has 7 heteroatoms. The lowest BCUT2D eigenvalue weighted by atomic mass is 10.3. The van der Waals surface area contributed by atoms with Gasteiger partial charge < -0.3 is 9.47 Å². The fourth-order valence-corrected chi connectivity index (χ4v) is 1.56. The minimum atomic E-state index is -0.470. The van der Waals surface area contributed by atoms with Crippen molar-refractivity contribution < 1.29 is 14.4 Å². The van der Waals surface area contributed by atoms with Gasteiger partial charge in [0, 0.05) is 24.3 Å². The van der Waals surface area contributed by atoms with Crippen molar-refractivity contribution in [2.75, 3.05) is 14.2 Å². The molecule has 0 saturated heterocycles. The lowest BCUT2D eigenvalue weighted by molar-refractivity contribution is -0.384. The molecule has 0 saturated carbocycles. The van der Waals surface area contributed by atoms with Crippen molar-refractivity contribution in [3.05, 3.63) is 52.6 Å². The second kappa shape index (κ2) is 6.47. The summed E-state index contributed by atoms with van der Waals surface area (Å²) < 4.78 is 10.2. The maximum absolute atomic E-state index is 10.6. The topological polar surface area (TPSA) is 86.3 Å². The van der Waals surface area contributed by atoms with Crippen LogP contribution in [0.4, 0.5) is 17.1 Å².